The molecule has 1 unspecified atom stereocenters. The fraction of sp³-hybridized carbons (Fsp3) is 0.486. The Labute approximate surface area is 255 Å². The number of anilines is 1. The van der Waals surface area contributed by atoms with Crippen LogP contribution in [-0.2, 0) is 25.5 Å². The number of rotatable bonds is 5. The summed E-state index contributed by atoms with van der Waals surface area (Å²) in [6.07, 6.45) is 0.490. The van der Waals surface area contributed by atoms with Gasteiger partial charge in [-0.15, -0.1) is 0 Å². The first-order valence-electron chi connectivity index (χ1n) is 15.3. The quantitative estimate of drug-likeness (QED) is 0.381. The molecule has 4 aliphatic carbocycles. The number of carbonyl (C=O) groups excluding carboxylic acids is 2. The van der Waals surface area contributed by atoms with Crippen molar-refractivity contribution >= 4 is 17.3 Å². The molecule has 8 nitrogen and oxygen atoms in total. The Hall–Kier alpha value is -3.21. The number of carbonyl (C=O) groups is 2. The van der Waals surface area contributed by atoms with E-state index in [0.717, 1.165) is 11.1 Å². The number of aliphatic hydroxyl groups excluding tert-OH is 3. The molecule has 1 saturated heterocycles. The van der Waals surface area contributed by atoms with E-state index in [4.69, 9.17) is 15.2 Å². The van der Waals surface area contributed by atoms with Crippen LogP contribution >= 0.6 is 0 Å². The normalized spacial score (nSPS) is 42.2. The van der Waals surface area contributed by atoms with E-state index >= 15 is 4.39 Å². The van der Waals surface area contributed by atoms with Crippen molar-refractivity contribution in [1.82, 2.24) is 0 Å². The zero-order chi connectivity index (χ0) is 31.2. The second-order valence-corrected chi connectivity index (χ2v) is 13.7. The first kappa shape index (κ1) is 29.5. The van der Waals surface area contributed by atoms with Crippen LogP contribution < -0.4 is 5.73 Å². The van der Waals surface area contributed by atoms with Gasteiger partial charge in [-0.3, -0.25) is 9.59 Å². The molecule has 5 aliphatic rings. The molecule has 2 aromatic rings. The second-order valence-electron chi connectivity index (χ2n) is 13.7. The van der Waals surface area contributed by atoms with Crippen LogP contribution in [0.1, 0.15) is 56.1 Å². The van der Waals surface area contributed by atoms with Crippen molar-refractivity contribution < 1.29 is 38.8 Å². The molecule has 10 atom stereocenters. The molecule has 3 saturated carbocycles. The molecule has 0 bridgehead atoms. The van der Waals surface area contributed by atoms with Crippen LogP contribution in [0.3, 0.4) is 0 Å². The third-order valence-corrected chi connectivity index (χ3v) is 11.6. The highest BCUT2D eigenvalue weighted by Crippen LogP contribution is 2.72. The Kier molecular flexibility index (Phi) is 6.63. The maximum atomic E-state index is 17.6. The zero-order valence-corrected chi connectivity index (χ0v) is 24.8. The number of hydrogen-bond donors (Lipinski definition) is 4. The molecular weight excluding hydrogens is 565 g/mol. The van der Waals surface area contributed by atoms with Crippen LogP contribution in [0.15, 0.2) is 72.3 Å². The maximum absolute atomic E-state index is 17.6. The van der Waals surface area contributed by atoms with Crippen LogP contribution in [0, 0.1) is 22.7 Å². The van der Waals surface area contributed by atoms with E-state index in [1.54, 1.807) is 6.92 Å². The zero-order valence-electron chi connectivity index (χ0n) is 24.8. The van der Waals surface area contributed by atoms with Gasteiger partial charge in [0.25, 0.3) is 0 Å². The summed E-state index contributed by atoms with van der Waals surface area (Å²) in [5, 5.41) is 33.1. The molecule has 5 N–H and O–H groups in total. The lowest BCUT2D eigenvalue weighted by molar-refractivity contribution is -0.237. The number of fused-ring (bicyclic) bond motifs is 7. The summed E-state index contributed by atoms with van der Waals surface area (Å²) < 4.78 is 30.6. The van der Waals surface area contributed by atoms with Gasteiger partial charge in [-0.25, -0.2) is 4.39 Å². The Morgan fingerprint density at radius 1 is 1.07 bits per heavy atom. The van der Waals surface area contributed by atoms with Gasteiger partial charge in [0.2, 0.25) is 0 Å². The second kappa shape index (κ2) is 9.89. The summed E-state index contributed by atoms with van der Waals surface area (Å²) >= 11 is 0. The number of aliphatic hydroxyl groups is 3. The van der Waals surface area contributed by atoms with E-state index in [0.29, 0.717) is 17.7 Å². The predicted octanol–water partition coefficient (Wildman–Crippen LogP) is 3.53. The van der Waals surface area contributed by atoms with Crippen molar-refractivity contribution in [1.29, 1.82) is 0 Å². The molecule has 0 spiro atoms. The van der Waals surface area contributed by atoms with Crippen molar-refractivity contribution in [2.24, 2.45) is 22.7 Å². The summed E-state index contributed by atoms with van der Waals surface area (Å²) in [5.41, 5.74) is 3.36. The SMILES string of the molecule is C[C@]12C=CC(=O)C=C1[C@H](O)C[C@H]1[C@@H]3C[C@H]4OC(c5ccc(Cc6cccc(N)c6)cc5)O[C@@]4(C(=O)CO)[C@@]3(C)C[C@H](O)[C@@]12F. The molecule has 44 heavy (non-hydrogen) atoms. The molecule has 1 heterocycles. The lowest BCUT2D eigenvalue weighted by atomic mass is 9.44. The van der Waals surface area contributed by atoms with Crippen LogP contribution in [0.2, 0.25) is 0 Å². The lowest BCUT2D eigenvalue weighted by Crippen LogP contribution is -2.71. The fourth-order valence-corrected chi connectivity index (χ4v) is 9.49. The van der Waals surface area contributed by atoms with Crippen LogP contribution in [0.25, 0.3) is 0 Å². The largest absolute Gasteiger partial charge is 0.399 e. The van der Waals surface area contributed by atoms with Gasteiger partial charge in [-0.2, -0.15) is 0 Å². The van der Waals surface area contributed by atoms with Gasteiger partial charge in [0.15, 0.2) is 29.1 Å². The standard InChI is InChI=1S/C35H38FNO7/c1-32-11-10-23(39)14-26(32)27(40)15-25-24-16-30-35(29(42)18-38,33(24,2)17-28(41)34(25,32)36)44-31(43-30)21-8-6-19(7-9-21)12-20-4-3-5-22(37)13-20/h3-11,13-14,24-25,27-28,30-31,38,40-41H,12,15-18,37H2,1-2H3/t24-,25-,27+,28-,30+,31?,32-,33-,34-,35+/m0/s1. The molecule has 232 valence electrons. The molecular formula is C35H38FNO7. The van der Waals surface area contributed by atoms with Gasteiger partial charge in [-0.05, 0) is 79.5 Å². The smallest absolute Gasteiger partial charge is 0.193 e. The molecule has 0 aromatic heterocycles. The minimum absolute atomic E-state index is 0.0234. The monoisotopic (exact) mass is 603 g/mol. The lowest BCUT2D eigenvalue weighted by Gasteiger charge is -2.63. The minimum atomic E-state index is -2.21. The number of alkyl halides is 1. The van der Waals surface area contributed by atoms with Gasteiger partial charge in [0.1, 0.15) is 6.61 Å². The Bertz CT molecular complexity index is 1590. The average molecular weight is 604 g/mol. The Balaban J connectivity index is 1.21. The summed E-state index contributed by atoms with van der Waals surface area (Å²) in [4.78, 5) is 25.9. The van der Waals surface area contributed by atoms with E-state index in [1.807, 2.05) is 55.5 Å². The third-order valence-electron chi connectivity index (χ3n) is 11.6. The van der Waals surface area contributed by atoms with Gasteiger partial charge < -0.3 is 30.5 Å². The van der Waals surface area contributed by atoms with E-state index in [9.17, 15) is 24.9 Å². The van der Waals surface area contributed by atoms with Crippen molar-refractivity contribution in [2.45, 2.75) is 75.4 Å². The number of nitrogens with two attached hydrogens (primary N) is 1. The molecule has 9 heteroatoms. The molecule has 2 aromatic carbocycles. The van der Waals surface area contributed by atoms with E-state index in [1.165, 1.54) is 18.2 Å². The number of Topliss-reactive ketones (excluding diaryl/α,β-unsaturated/α-hetero) is 1. The molecule has 1 aliphatic heterocycles. The first-order valence-corrected chi connectivity index (χ1v) is 15.3. The van der Waals surface area contributed by atoms with Gasteiger partial charge in [-0.1, -0.05) is 49.4 Å². The number of allylic oxidation sites excluding steroid dienone is 3. The minimum Gasteiger partial charge on any atom is -0.399 e. The van der Waals surface area contributed by atoms with Crippen LogP contribution in [-0.4, -0.2) is 63.1 Å². The highest BCUT2D eigenvalue weighted by atomic mass is 19.1. The number of ether oxygens (including phenoxy) is 2. The number of hydrogen-bond acceptors (Lipinski definition) is 8. The third kappa shape index (κ3) is 3.80. The summed E-state index contributed by atoms with van der Waals surface area (Å²) in [6, 6.07) is 15.4. The van der Waals surface area contributed by atoms with Crippen LogP contribution in [0.5, 0.6) is 0 Å². The van der Waals surface area contributed by atoms with Gasteiger partial charge in [0.05, 0.1) is 18.3 Å². The van der Waals surface area contributed by atoms with E-state index < -0.39 is 70.9 Å². The maximum Gasteiger partial charge on any atom is 0.193 e. The highest BCUT2D eigenvalue weighted by Gasteiger charge is 2.79. The molecule has 0 radical (unpaired) electrons. The number of nitrogen functional groups attached to an aromatic ring is 1. The topological polar surface area (TPSA) is 139 Å². The fourth-order valence-electron chi connectivity index (χ4n) is 9.49. The first-order chi connectivity index (χ1) is 20.9. The predicted molar refractivity (Wildman–Crippen MR) is 159 cm³/mol. The molecule has 4 fully saturated rings. The highest BCUT2D eigenvalue weighted by molar-refractivity contribution is 6.01. The molecule has 0 amide bonds. The number of halogens is 1. The Morgan fingerprint density at radius 2 is 1.82 bits per heavy atom. The van der Waals surface area contributed by atoms with Crippen molar-refractivity contribution in [3.05, 3.63) is 89.0 Å². The van der Waals surface area contributed by atoms with Gasteiger partial charge >= 0.3 is 0 Å². The van der Waals surface area contributed by atoms with Gasteiger partial charge in [0, 0.05) is 28.0 Å². The average Bonchev–Trinajstić information content (AvgIpc) is 3.49. The number of ketones is 2. The van der Waals surface area contributed by atoms with Crippen LogP contribution in [0.4, 0.5) is 10.1 Å². The summed E-state index contributed by atoms with van der Waals surface area (Å²) in [7, 11) is 0. The number of benzene rings is 2. The summed E-state index contributed by atoms with van der Waals surface area (Å²) in [6.45, 7) is 2.63. The Morgan fingerprint density at radius 3 is 2.52 bits per heavy atom. The van der Waals surface area contributed by atoms with Crippen molar-refractivity contribution in [3.8, 4) is 0 Å². The van der Waals surface area contributed by atoms with Crippen molar-refractivity contribution in [2.75, 3.05) is 12.3 Å². The van der Waals surface area contributed by atoms with E-state index in [-0.39, 0.29) is 30.6 Å². The van der Waals surface area contributed by atoms with E-state index in [2.05, 4.69) is 0 Å². The summed E-state index contributed by atoms with van der Waals surface area (Å²) in [5.74, 6) is -2.28. The molecule has 7 rings (SSSR count). The van der Waals surface area contributed by atoms with Crippen molar-refractivity contribution in [3.63, 3.8) is 0 Å².